The Labute approximate surface area is 162 Å². The molecule has 0 bridgehead atoms. The summed E-state index contributed by atoms with van der Waals surface area (Å²) >= 11 is 19.4. The third-order valence-corrected chi connectivity index (χ3v) is 4.84. The van der Waals surface area contributed by atoms with Crippen molar-refractivity contribution in [2.45, 2.75) is 6.42 Å². The molecule has 0 aliphatic carbocycles. The second-order valence-electron chi connectivity index (χ2n) is 4.95. The molecule has 128 valence electrons. The molecule has 0 aliphatic heterocycles. The molecule has 0 saturated carbocycles. The molecule has 0 unspecified atom stereocenters. The first-order valence-electron chi connectivity index (χ1n) is 7.08. The molecule has 1 aromatic carbocycles. The first-order valence-corrected chi connectivity index (χ1v) is 9.09. The van der Waals surface area contributed by atoms with Gasteiger partial charge in [-0.05, 0) is 24.3 Å². The predicted octanol–water partition coefficient (Wildman–Crippen LogP) is 4.85. The summed E-state index contributed by atoms with van der Waals surface area (Å²) in [5.74, 6) is -0.278. The summed E-state index contributed by atoms with van der Waals surface area (Å²) in [7, 11) is 0. The summed E-state index contributed by atoms with van der Waals surface area (Å²) in [5.41, 5.74) is 7.06. The number of hydrogen-bond acceptors (Lipinski definition) is 5. The van der Waals surface area contributed by atoms with E-state index in [9.17, 15) is 4.79 Å². The number of anilines is 1. The lowest BCUT2D eigenvalue weighted by Gasteiger charge is -2.11. The van der Waals surface area contributed by atoms with Gasteiger partial charge < -0.3 is 0 Å². The van der Waals surface area contributed by atoms with Crippen LogP contribution in [0.3, 0.4) is 0 Å². The van der Waals surface area contributed by atoms with Crippen molar-refractivity contribution in [1.29, 1.82) is 0 Å². The molecule has 2 aromatic heterocycles. The zero-order valence-corrected chi connectivity index (χ0v) is 15.7. The minimum atomic E-state index is -0.278. The van der Waals surface area contributed by atoms with Crippen molar-refractivity contribution in [1.82, 2.24) is 15.4 Å². The van der Waals surface area contributed by atoms with E-state index in [0.717, 1.165) is 10.7 Å². The third kappa shape index (κ3) is 4.61. The van der Waals surface area contributed by atoms with Crippen molar-refractivity contribution < 1.29 is 4.79 Å². The second-order valence-corrected chi connectivity index (χ2v) is 7.06. The quantitative estimate of drug-likeness (QED) is 0.587. The van der Waals surface area contributed by atoms with Crippen LogP contribution >= 0.6 is 46.1 Å². The van der Waals surface area contributed by atoms with Gasteiger partial charge in [0.15, 0.2) is 0 Å². The highest BCUT2D eigenvalue weighted by molar-refractivity contribution is 7.13. The molecule has 0 spiro atoms. The summed E-state index contributed by atoms with van der Waals surface area (Å²) in [6, 6.07) is 8.66. The van der Waals surface area contributed by atoms with Crippen LogP contribution in [0.5, 0.6) is 0 Å². The number of aromatic nitrogens is 2. The fourth-order valence-electron chi connectivity index (χ4n) is 2.00. The first kappa shape index (κ1) is 17.9. The van der Waals surface area contributed by atoms with Gasteiger partial charge in [0.25, 0.3) is 0 Å². The van der Waals surface area contributed by atoms with E-state index < -0.39 is 0 Å². The Balaban J connectivity index is 1.61. The summed E-state index contributed by atoms with van der Waals surface area (Å²) in [4.78, 5) is 20.7. The summed E-state index contributed by atoms with van der Waals surface area (Å²) < 4.78 is 0. The van der Waals surface area contributed by atoms with Crippen molar-refractivity contribution >= 4 is 57.7 Å². The van der Waals surface area contributed by atoms with Crippen LogP contribution in [-0.2, 0) is 11.2 Å². The van der Waals surface area contributed by atoms with Crippen molar-refractivity contribution in [3.63, 3.8) is 0 Å². The molecule has 3 aromatic rings. The standard InChI is InChI=1S/C16H11Cl3N4OS/c17-9-5-11(18)15(12(19)6-9)23-22-14(24)7-10-8-25-16(21-10)13-3-1-2-4-20-13/h1-6,8,23H,7H2,(H,22,24). The fourth-order valence-corrected chi connectivity index (χ4v) is 3.70. The third-order valence-electron chi connectivity index (χ3n) is 3.11. The van der Waals surface area contributed by atoms with Gasteiger partial charge in [0.05, 0.1) is 33.5 Å². The smallest absolute Gasteiger partial charge is 0.244 e. The monoisotopic (exact) mass is 412 g/mol. The predicted molar refractivity (Wildman–Crippen MR) is 102 cm³/mol. The Morgan fingerprint density at radius 2 is 1.92 bits per heavy atom. The Hall–Kier alpha value is -1.86. The average Bonchev–Trinajstić information content (AvgIpc) is 3.03. The molecule has 0 aliphatic rings. The SMILES string of the molecule is O=C(Cc1csc(-c2ccccn2)n1)NNc1c(Cl)cc(Cl)cc1Cl. The molecule has 1 amide bonds. The van der Waals surface area contributed by atoms with Gasteiger partial charge in [-0.2, -0.15) is 0 Å². The summed E-state index contributed by atoms with van der Waals surface area (Å²) in [6.07, 6.45) is 1.81. The number of hydrazine groups is 1. The van der Waals surface area contributed by atoms with Crippen LogP contribution in [0.25, 0.3) is 10.7 Å². The van der Waals surface area contributed by atoms with Crippen molar-refractivity contribution in [2.75, 3.05) is 5.43 Å². The van der Waals surface area contributed by atoms with Gasteiger partial charge in [0.2, 0.25) is 5.91 Å². The Morgan fingerprint density at radius 1 is 1.16 bits per heavy atom. The summed E-state index contributed by atoms with van der Waals surface area (Å²) in [5, 5.41) is 3.62. The van der Waals surface area contributed by atoms with Crippen LogP contribution in [0, 0.1) is 0 Å². The molecule has 3 rings (SSSR count). The molecule has 25 heavy (non-hydrogen) atoms. The minimum Gasteiger partial charge on any atom is -0.296 e. The number of benzene rings is 1. The van der Waals surface area contributed by atoms with E-state index in [1.807, 2.05) is 23.6 Å². The van der Waals surface area contributed by atoms with Crippen LogP contribution in [-0.4, -0.2) is 15.9 Å². The lowest BCUT2D eigenvalue weighted by atomic mass is 10.3. The van der Waals surface area contributed by atoms with Crippen LogP contribution in [0.2, 0.25) is 15.1 Å². The number of carbonyl (C=O) groups is 1. The van der Waals surface area contributed by atoms with E-state index in [1.165, 1.54) is 23.5 Å². The van der Waals surface area contributed by atoms with Crippen LogP contribution in [0.4, 0.5) is 5.69 Å². The average molecular weight is 414 g/mol. The molecule has 0 atom stereocenters. The molecule has 0 fully saturated rings. The zero-order chi connectivity index (χ0) is 17.8. The first-order chi connectivity index (χ1) is 12.0. The Bertz CT molecular complexity index is 878. The molecule has 0 radical (unpaired) electrons. The fraction of sp³-hybridized carbons (Fsp3) is 0.0625. The highest BCUT2D eigenvalue weighted by Crippen LogP contribution is 2.33. The highest BCUT2D eigenvalue weighted by Gasteiger charge is 2.12. The van der Waals surface area contributed by atoms with Crippen LogP contribution in [0.15, 0.2) is 41.9 Å². The zero-order valence-electron chi connectivity index (χ0n) is 12.6. The van der Waals surface area contributed by atoms with Gasteiger partial charge in [0.1, 0.15) is 5.01 Å². The van der Waals surface area contributed by atoms with Gasteiger partial charge in [-0.1, -0.05) is 40.9 Å². The number of pyridine rings is 1. The number of amides is 1. The van der Waals surface area contributed by atoms with Gasteiger partial charge in [-0.15, -0.1) is 11.3 Å². The van der Waals surface area contributed by atoms with Gasteiger partial charge in [-0.25, -0.2) is 4.98 Å². The molecule has 9 heteroatoms. The Kier molecular flexibility index (Phi) is 5.75. The van der Waals surface area contributed by atoms with Crippen molar-refractivity contribution in [3.05, 3.63) is 62.7 Å². The van der Waals surface area contributed by atoms with Crippen molar-refractivity contribution in [3.8, 4) is 10.7 Å². The number of rotatable bonds is 5. The molecule has 5 nitrogen and oxygen atoms in total. The Morgan fingerprint density at radius 3 is 2.60 bits per heavy atom. The maximum atomic E-state index is 12.1. The maximum Gasteiger partial charge on any atom is 0.244 e. The van der Waals surface area contributed by atoms with E-state index in [0.29, 0.717) is 26.4 Å². The minimum absolute atomic E-state index is 0.110. The molecule has 0 saturated heterocycles. The molecule has 2 heterocycles. The second kappa shape index (κ2) is 8.01. The molecular weight excluding hydrogens is 403 g/mol. The van der Waals surface area contributed by atoms with E-state index in [-0.39, 0.29) is 12.3 Å². The van der Waals surface area contributed by atoms with Gasteiger partial charge in [-0.3, -0.25) is 20.6 Å². The molecular formula is C16H11Cl3N4OS. The van der Waals surface area contributed by atoms with E-state index >= 15 is 0 Å². The van der Waals surface area contributed by atoms with E-state index in [4.69, 9.17) is 34.8 Å². The topological polar surface area (TPSA) is 66.9 Å². The number of nitrogens with one attached hydrogen (secondary N) is 2. The number of thiazole rings is 1. The van der Waals surface area contributed by atoms with Crippen LogP contribution < -0.4 is 10.9 Å². The number of halogens is 3. The van der Waals surface area contributed by atoms with Gasteiger partial charge in [0, 0.05) is 16.6 Å². The normalized spacial score (nSPS) is 10.5. The summed E-state index contributed by atoms with van der Waals surface area (Å²) in [6.45, 7) is 0. The van der Waals surface area contributed by atoms with E-state index in [2.05, 4.69) is 20.8 Å². The molecule has 2 N–H and O–H groups in total. The number of hydrogen-bond donors (Lipinski definition) is 2. The van der Waals surface area contributed by atoms with Crippen molar-refractivity contribution in [2.24, 2.45) is 0 Å². The maximum absolute atomic E-state index is 12.1. The number of nitrogens with zero attached hydrogens (tertiary/aromatic N) is 2. The van der Waals surface area contributed by atoms with Gasteiger partial charge >= 0.3 is 0 Å². The highest BCUT2D eigenvalue weighted by atomic mass is 35.5. The number of carbonyl (C=O) groups excluding carboxylic acids is 1. The van der Waals surface area contributed by atoms with E-state index in [1.54, 1.807) is 6.20 Å². The van der Waals surface area contributed by atoms with Crippen LogP contribution in [0.1, 0.15) is 5.69 Å². The largest absolute Gasteiger partial charge is 0.296 e. The lowest BCUT2D eigenvalue weighted by molar-refractivity contribution is -0.120. The lowest BCUT2D eigenvalue weighted by Crippen LogP contribution is -2.31.